The van der Waals surface area contributed by atoms with E-state index in [0.717, 1.165) is 59.7 Å². The molecule has 3 heterocycles. The molecule has 0 amide bonds. The van der Waals surface area contributed by atoms with Crippen molar-refractivity contribution in [2.45, 2.75) is 64.7 Å². The molecule has 3 aromatic heterocycles. The Morgan fingerprint density at radius 3 is 2.70 bits per heavy atom. The molecule has 156 valence electrons. The number of fused-ring (bicyclic) bond motifs is 5. The average molecular weight is 405 g/mol. The number of rotatable bonds is 3. The molecule has 7 rings (SSSR count). The highest BCUT2D eigenvalue weighted by Crippen LogP contribution is 2.50. The number of aromatic amines is 1. The predicted octanol–water partition coefficient (Wildman–Crippen LogP) is 5.65. The molecule has 1 N–H and O–H groups in total. The van der Waals surface area contributed by atoms with Crippen LogP contribution in [0.5, 0.6) is 0 Å². The summed E-state index contributed by atoms with van der Waals surface area (Å²) in [5, 5.41) is 0.766. The number of halogens is 1. The average Bonchev–Trinajstić information content (AvgIpc) is 3.19. The van der Waals surface area contributed by atoms with Gasteiger partial charge in [-0.15, -0.1) is 0 Å². The summed E-state index contributed by atoms with van der Waals surface area (Å²) >= 11 is 0. The molecule has 0 radical (unpaired) electrons. The molecule has 3 aromatic rings. The Balaban J connectivity index is 1.44. The number of H-pyrrole nitrogens is 1. The maximum atomic E-state index is 13.9. The van der Waals surface area contributed by atoms with Gasteiger partial charge in [0.1, 0.15) is 11.5 Å². The van der Waals surface area contributed by atoms with E-state index in [1.54, 1.807) is 6.07 Å². The first-order valence-corrected chi connectivity index (χ1v) is 11.7. The van der Waals surface area contributed by atoms with Crippen molar-refractivity contribution < 1.29 is 4.39 Å². The minimum Gasteiger partial charge on any atom is -0.345 e. The van der Waals surface area contributed by atoms with Crippen molar-refractivity contribution in [1.82, 2.24) is 19.9 Å². The first-order valence-electron chi connectivity index (χ1n) is 11.7. The van der Waals surface area contributed by atoms with Gasteiger partial charge in [-0.05, 0) is 93.1 Å². The summed E-state index contributed by atoms with van der Waals surface area (Å²) in [4.78, 5) is 17.5. The zero-order chi connectivity index (χ0) is 20.2. The summed E-state index contributed by atoms with van der Waals surface area (Å²) in [6.07, 6.45) is 14.4. The lowest BCUT2D eigenvalue weighted by atomic mass is 9.58. The van der Waals surface area contributed by atoms with Crippen LogP contribution in [0.4, 0.5) is 4.39 Å². The number of nitrogens with zero attached hydrogens (tertiary/aromatic N) is 3. The van der Waals surface area contributed by atoms with Crippen LogP contribution in [-0.2, 0) is 19.3 Å². The zero-order valence-electron chi connectivity index (χ0n) is 17.6. The van der Waals surface area contributed by atoms with Crippen LogP contribution in [0.25, 0.3) is 22.4 Å². The fourth-order valence-corrected chi connectivity index (χ4v) is 6.58. The molecule has 3 saturated carbocycles. The second kappa shape index (κ2) is 7.14. The summed E-state index contributed by atoms with van der Waals surface area (Å²) in [6.45, 7) is 2.48. The van der Waals surface area contributed by atoms with Gasteiger partial charge in [0, 0.05) is 28.5 Å². The highest BCUT2D eigenvalue weighted by Gasteiger charge is 2.41. The molecule has 0 aromatic carbocycles. The SMILES string of the molecule is CC1C2CCC(CC2)C1Cc1nc(-c2c[nH]c3ncc(F)cc23)nc2c1CCCC2. The number of hydrogen-bond donors (Lipinski definition) is 1. The van der Waals surface area contributed by atoms with Crippen molar-refractivity contribution in [2.75, 3.05) is 0 Å². The monoisotopic (exact) mass is 404 g/mol. The van der Waals surface area contributed by atoms with Gasteiger partial charge in [-0.25, -0.2) is 19.3 Å². The van der Waals surface area contributed by atoms with Crippen molar-refractivity contribution >= 4 is 11.0 Å². The molecule has 30 heavy (non-hydrogen) atoms. The summed E-state index contributed by atoms with van der Waals surface area (Å²) in [5.41, 5.74) is 5.44. The summed E-state index contributed by atoms with van der Waals surface area (Å²) < 4.78 is 13.9. The van der Waals surface area contributed by atoms with Crippen LogP contribution in [0.15, 0.2) is 18.5 Å². The van der Waals surface area contributed by atoms with Crippen LogP contribution in [0.3, 0.4) is 0 Å². The Hall–Kier alpha value is -2.30. The minimum atomic E-state index is -0.325. The predicted molar refractivity (Wildman–Crippen MR) is 116 cm³/mol. The molecule has 4 aliphatic rings. The number of nitrogens with one attached hydrogen (secondary N) is 1. The van der Waals surface area contributed by atoms with E-state index in [2.05, 4.69) is 16.9 Å². The molecule has 0 aliphatic heterocycles. The third kappa shape index (κ3) is 2.97. The Bertz CT molecular complexity index is 1090. The molecule has 5 heteroatoms. The standard InChI is InChI=1S/C25H29FN4/c1-14-15-6-8-16(9-7-15)19(14)11-23-18-4-2-3-5-22(18)29-25(30-23)21-13-28-24-20(21)10-17(26)12-27-24/h10,12-16,19H,2-9,11H2,1H3,(H,27,28). The fourth-order valence-electron chi connectivity index (χ4n) is 6.58. The molecule has 0 saturated heterocycles. The van der Waals surface area contributed by atoms with Crippen molar-refractivity contribution in [1.29, 1.82) is 0 Å². The highest BCUT2D eigenvalue weighted by molar-refractivity contribution is 5.91. The second-order valence-electron chi connectivity index (χ2n) is 9.78. The third-order valence-electron chi connectivity index (χ3n) is 8.28. The van der Waals surface area contributed by atoms with Gasteiger partial charge < -0.3 is 4.98 Å². The van der Waals surface area contributed by atoms with Crippen LogP contribution >= 0.6 is 0 Å². The maximum absolute atomic E-state index is 13.9. The summed E-state index contributed by atoms with van der Waals surface area (Å²) in [7, 11) is 0. The molecular weight excluding hydrogens is 375 g/mol. The van der Waals surface area contributed by atoms with E-state index in [9.17, 15) is 4.39 Å². The number of aryl methyl sites for hydroxylation is 1. The van der Waals surface area contributed by atoms with Gasteiger partial charge in [0.25, 0.3) is 0 Å². The molecule has 4 aliphatic carbocycles. The van der Waals surface area contributed by atoms with E-state index >= 15 is 0 Å². The lowest BCUT2D eigenvalue weighted by Gasteiger charge is -2.47. The van der Waals surface area contributed by atoms with E-state index in [4.69, 9.17) is 9.97 Å². The Labute approximate surface area is 176 Å². The van der Waals surface area contributed by atoms with Crippen LogP contribution in [0, 0.1) is 29.5 Å². The molecule has 2 atom stereocenters. The van der Waals surface area contributed by atoms with E-state index in [1.165, 1.54) is 61.7 Å². The smallest absolute Gasteiger partial charge is 0.161 e. The Kier molecular flexibility index (Phi) is 4.39. The minimum absolute atomic E-state index is 0.325. The largest absolute Gasteiger partial charge is 0.345 e. The summed E-state index contributed by atoms with van der Waals surface area (Å²) in [6, 6.07) is 1.54. The Morgan fingerprint density at radius 2 is 1.87 bits per heavy atom. The number of pyridine rings is 1. The lowest BCUT2D eigenvalue weighted by Crippen LogP contribution is -2.40. The van der Waals surface area contributed by atoms with Gasteiger partial charge in [-0.3, -0.25) is 0 Å². The van der Waals surface area contributed by atoms with Crippen LogP contribution in [-0.4, -0.2) is 19.9 Å². The first kappa shape index (κ1) is 18.5. The van der Waals surface area contributed by atoms with Crippen LogP contribution < -0.4 is 0 Å². The lowest BCUT2D eigenvalue weighted by molar-refractivity contribution is 0.0337. The highest BCUT2D eigenvalue weighted by atomic mass is 19.1. The third-order valence-corrected chi connectivity index (χ3v) is 8.28. The van der Waals surface area contributed by atoms with Gasteiger partial charge in [-0.1, -0.05) is 6.92 Å². The second-order valence-corrected chi connectivity index (χ2v) is 9.78. The van der Waals surface area contributed by atoms with Gasteiger partial charge in [0.15, 0.2) is 5.82 Å². The van der Waals surface area contributed by atoms with Crippen molar-refractivity contribution in [3.05, 3.63) is 41.2 Å². The zero-order valence-corrected chi connectivity index (χ0v) is 17.6. The number of hydrogen-bond acceptors (Lipinski definition) is 3. The van der Waals surface area contributed by atoms with Gasteiger partial charge >= 0.3 is 0 Å². The maximum Gasteiger partial charge on any atom is 0.161 e. The molecule has 4 nitrogen and oxygen atoms in total. The topological polar surface area (TPSA) is 54.5 Å². The fraction of sp³-hybridized carbons (Fsp3) is 0.560. The van der Waals surface area contributed by atoms with E-state index in [0.29, 0.717) is 5.65 Å². The van der Waals surface area contributed by atoms with E-state index in [1.807, 2.05) is 6.20 Å². The van der Waals surface area contributed by atoms with E-state index in [-0.39, 0.29) is 5.82 Å². The van der Waals surface area contributed by atoms with Crippen LogP contribution in [0.2, 0.25) is 0 Å². The van der Waals surface area contributed by atoms with E-state index < -0.39 is 0 Å². The van der Waals surface area contributed by atoms with Crippen molar-refractivity contribution in [3.63, 3.8) is 0 Å². The Morgan fingerprint density at radius 1 is 1.07 bits per heavy atom. The van der Waals surface area contributed by atoms with Gasteiger partial charge in [0.05, 0.1) is 6.20 Å². The molecule has 2 unspecified atom stereocenters. The van der Waals surface area contributed by atoms with Gasteiger partial charge in [0.2, 0.25) is 0 Å². The first-order chi connectivity index (χ1) is 14.7. The van der Waals surface area contributed by atoms with Crippen molar-refractivity contribution in [2.24, 2.45) is 23.7 Å². The summed E-state index contributed by atoms with van der Waals surface area (Å²) in [5.74, 6) is 3.70. The normalized spacial score (nSPS) is 28.1. The molecule has 2 bridgehead atoms. The van der Waals surface area contributed by atoms with Crippen LogP contribution in [0.1, 0.15) is 62.4 Å². The van der Waals surface area contributed by atoms with Crippen molar-refractivity contribution in [3.8, 4) is 11.4 Å². The quantitative estimate of drug-likeness (QED) is 0.613. The molecule has 3 fully saturated rings. The van der Waals surface area contributed by atoms with Gasteiger partial charge in [-0.2, -0.15) is 0 Å². The number of aromatic nitrogens is 4. The molecular formula is C25H29FN4. The molecule has 0 spiro atoms.